The standard InChI is InChI=1S/C12H19F2NO4/c1-10(2,3)19-9(18)15-6-11(4,8(16)17)5-12(13,14)7-15/h5-7H2,1-4H3,(H,16,17). The van der Waals surface area contributed by atoms with Gasteiger partial charge in [-0.05, 0) is 27.7 Å². The van der Waals surface area contributed by atoms with E-state index in [0.29, 0.717) is 0 Å². The Balaban J connectivity index is 2.91. The molecular weight excluding hydrogens is 260 g/mol. The molecule has 0 bridgehead atoms. The molecule has 110 valence electrons. The summed E-state index contributed by atoms with van der Waals surface area (Å²) in [7, 11) is 0. The SMILES string of the molecule is CC(C)(C)OC(=O)N1CC(F)(F)CC(C)(C(=O)O)C1. The van der Waals surface area contributed by atoms with E-state index in [0.717, 1.165) is 4.90 Å². The molecule has 1 atom stereocenters. The number of carbonyl (C=O) groups is 2. The van der Waals surface area contributed by atoms with Crippen LogP contribution < -0.4 is 0 Å². The van der Waals surface area contributed by atoms with Gasteiger partial charge in [0.2, 0.25) is 0 Å². The molecule has 1 fully saturated rings. The number of carboxylic acid groups (broad SMARTS) is 1. The molecule has 5 nitrogen and oxygen atoms in total. The van der Waals surface area contributed by atoms with Gasteiger partial charge in [-0.3, -0.25) is 4.79 Å². The fraction of sp³-hybridized carbons (Fsp3) is 0.833. The molecule has 7 heteroatoms. The third-order valence-corrected chi connectivity index (χ3v) is 2.78. The van der Waals surface area contributed by atoms with E-state index < -0.39 is 42.0 Å². The summed E-state index contributed by atoms with van der Waals surface area (Å²) in [6.45, 7) is 4.95. The molecule has 1 aliphatic rings. The van der Waals surface area contributed by atoms with Crippen LogP contribution >= 0.6 is 0 Å². The first-order valence-corrected chi connectivity index (χ1v) is 5.94. The Morgan fingerprint density at radius 3 is 2.21 bits per heavy atom. The number of ether oxygens (including phenoxy) is 1. The van der Waals surface area contributed by atoms with Gasteiger partial charge in [-0.2, -0.15) is 0 Å². The highest BCUT2D eigenvalue weighted by atomic mass is 19.3. The molecule has 0 saturated carbocycles. The average Bonchev–Trinajstić information content (AvgIpc) is 2.11. The minimum absolute atomic E-state index is 0.285. The summed E-state index contributed by atoms with van der Waals surface area (Å²) in [5.74, 6) is -4.58. The molecule has 1 aliphatic heterocycles. The summed E-state index contributed by atoms with van der Waals surface area (Å²) in [6.07, 6.45) is -1.70. The van der Waals surface area contributed by atoms with Gasteiger partial charge in [0.05, 0.1) is 12.0 Å². The van der Waals surface area contributed by atoms with Crippen LogP contribution in [0.1, 0.15) is 34.1 Å². The second-order valence-electron chi connectivity index (χ2n) is 6.23. The lowest BCUT2D eigenvalue weighted by Crippen LogP contribution is -2.57. The Morgan fingerprint density at radius 1 is 1.26 bits per heavy atom. The summed E-state index contributed by atoms with van der Waals surface area (Å²) in [5, 5.41) is 9.05. The molecule has 1 amide bonds. The molecule has 1 saturated heterocycles. The Hall–Kier alpha value is -1.40. The fourth-order valence-electron chi connectivity index (χ4n) is 2.04. The predicted molar refractivity (Wildman–Crippen MR) is 63.1 cm³/mol. The summed E-state index contributed by atoms with van der Waals surface area (Å²) in [5.41, 5.74) is -2.48. The number of alkyl halides is 2. The largest absolute Gasteiger partial charge is 0.481 e. The number of amides is 1. The maximum Gasteiger partial charge on any atom is 0.410 e. The molecular formula is C12H19F2NO4. The molecule has 1 N–H and O–H groups in total. The number of nitrogens with zero attached hydrogens (tertiary/aromatic N) is 1. The zero-order chi connectivity index (χ0) is 15.1. The van der Waals surface area contributed by atoms with E-state index in [4.69, 9.17) is 9.84 Å². The first-order valence-electron chi connectivity index (χ1n) is 5.94. The molecule has 1 rings (SSSR count). The normalized spacial score (nSPS) is 26.9. The maximum atomic E-state index is 13.6. The van der Waals surface area contributed by atoms with E-state index in [9.17, 15) is 18.4 Å². The van der Waals surface area contributed by atoms with Crippen molar-refractivity contribution in [3.8, 4) is 0 Å². The van der Waals surface area contributed by atoms with Crippen LogP contribution in [-0.2, 0) is 9.53 Å². The van der Waals surface area contributed by atoms with Gasteiger partial charge in [0.1, 0.15) is 5.60 Å². The molecule has 1 heterocycles. The molecule has 0 aromatic carbocycles. The number of aliphatic carboxylic acids is 1. The van der Waals surface area contributed by atoms with Gasteiger partial charge in [0, 0.05) is 13.0 Å². The van der Waals surface area contributed by atoms with Crippen LogP contribution in [0.5, 0.6) is 0 Å². The van der Waals surface area contributed by atoms with Crippen LogP contribution in [0.4, 0.5) is 13.6 Å². The van der Waals surface area contributed by atoms with Gasteiger partial charge in [0.15, 0.2) is 0 Å². The number of hydrogen-bond acceptors (Lipinski definition) is 3. The average molecular weight is 279 g/mol. The lowest BCUT2D eigenvalue weighted by atomic mass is 9.80. The van der Waals surface area contributed by atoms with Crippen molar-refractivity contribution in [3.05, 3.63) is 0 Å². The maximum absolute atomic E-state index is 13.6. The predicted octanol–water partition coefficient (Wildman–Crippen LogP) is 2.35. The minimum atomic E-state index is -3.23. The first-order chi connectivity index (χ1) is 8.35. The van der Waals surface area contributed by atoms with E-state index >= 15 is 0 Å². The van der Waals surface area contributed by atoms with Gasteiger partial charge >= 0.3 is 12.1 Å². The van der Waals surface area contributed by atoms with Crippen LogP contribution in [0.3, 0.4) is 0 Å². The van der Waals surface area contributed by atoms with Crippen molar-refractivity contribution in [1.82, 2.24) is 4.90 Å². The summed E-state index contributed by atoms with van der Waals surface area (Å²) >= 11 is 0. The van der Waals surface area contributed by atoms with E-state index in [1.165, 1.54) is 6.92 Å². The smallest absolute Gasteiger partial charge is 0.410 e. The first kappa shape index (κ1) is 15.7. The minimum Gasteiger partial charge on any atom is -0.481 e. The zero-order valence-electron chi connectivity index (χ0n) is 11.5. The highest BCUT2D eigenvalue weighted by Crippen LogP contribution is 2.39. The highest BCUT2D eigenvalue weighted by molar-refractivity contribution is 5.77. The van der Waals surface area contributed by atoms with Gasteiger partial charge in [0.25, 0.3) is 5.92 Å². The molecule has 1 unspecified atom stereocenters. The Bertz CT molecular complexity index is 392. The van der Waals surface area contributed by atoms with Crippen molar-refractivity contribution in [2.45, 2.75) is 45.6 Å². The molecule has 0 radical (unpaired) electrons. The van der Waals surface area contributed by atoms with E-state index in [-0.39, 0.29) is 6.54 Å². The number of carbonyl (C=O) groups excluding carboxylic acids is 1. The number of likely N-dealkylation sites (tertiary alicyclic amines) is 1. The van der Waals surface area contributed by atoms with Gasteiger partial charge in [-0.1, -0.05) is 0 Å². The fourth-order valence-corrected chi connectivity index (χ4v) is 2.04. The van der Waals surface area contributed by atoms with Crippen LogP contribution in [0.2, 0.25) is 0 Å². The third-order valence-electron chi connectivity index (χ3n) is 2.78. The highest BCUT2D eigenvalue weighted by Gasteiger charge is 2.52. The summed E-state index contributed by atoms with van der Waals surface area (Å²) in [4.78, 5) is 23.7. The van der Waals surface area contributed by atoms with Crippen molar-refractivity contribution in [2.75, 3.05) is 13.1 Å². The van der Waals surface area contributed by atoms with Crippen molar-refractivity contribution in [2.24, 2.45) is 5.41 Å². The molecule has 0 aromatic heterocycles. The molecule has 0 spiro atoms. The van der Waals surface area contributed by atoms with Crippen molar-refractivity contribution >= 4 is 12.1 Å². The number of rotatable bonds is 1. The Labute approximate surface area is 110 Å². The van der Waals surface area contributed by atoms with Crippen LogP contribution in [0.25, 0.3) is 0 Å². The van der Waals surface area contributed by atoms with Gasteiger partial charge < -0.3 is 14.7 Å². The zero-order valence-corrected chi connectivity index (χ0v) is 11.5. The Morgan fingerprint density at radius 2 is 1.79 bits per heavy atom. The molecule has 0 aliphatic carbocycles. The third kappa shape index (κ3) is 4.04. The van der Waals surface area contributed by atoms with Crippen molar-refractivity contribution < 1.29 is 28.2 Å². The van der Waals surface area contributed by atoms with Gasteiger partial charge in [-0.15, -0.1) is 0 Å². The summed E-state index contributed by atoms with van der Waals surface area (Å²) < 4.78 is 32.2. The monoisotopic (exact) mass is 279 g/mol. The van der Waals surface area contributed by atoms with Crippen LogP contribution in [0.15, 0.2) is 0 Å². The quantitative estimate of drug-likeness (QED) is 0.800. The van der Waals surface area contributed by atoms with E-state index in [1.807, 2.05) is 0 Å². The van der Waals surface area contributed by atoms with E-state index in [2.05, 4.69) is 0 Å². The second kappa shape index (κ2) is 4.61. The van der Waals surface area contributed by atoms with Crippen molar-refractivity contribution in [1.29, 1.82) is 0 Å². The Kier molecular flexibility index (Phi) is 3.80. The van der Waals surface area contributed by atoms with Crippen LogP contribution in [0, 0.1) is 5.41 Å². The number of piperidine rings is 1. The number of carboxylic acids is 1. The van der Waals surface area contributed by atoms with E-state index in [1.54, 1.807) is 20.8 Å². The lowest BCUT2D eigenvalue weighted by molar-refractivity contribution is -0.165. The van der Waals surface area contributed by atoms with Crippen molar-refractivity contribution in [3.63, 3.8) is 0 Å². The number of halogens is 2. The second-order valence-corrected chi connectivity index (χ2v) is 6.23. The van der Waals surface area contributed by atoms with Gasteiger partial charge in [-0.25, -0.2) is 13.6 Å². The lowest BCUT2D eigenvalue weighted by Gasteiger charge is -2.41. The number of hydrogen-bond donors (Lipinski definition) is 1. The molecule has 19 heavy (non-hydrogen) atoms. The topological polar surface area (TPSA) is 66.8 Å². The van der Waals surface area contributed by atoms with Crippen LogP contribution in [-0.4, -0.2) is 46.7 Å². The summed E-state index contributed by atoms with van der Waals surface area (Å²) in [6, 6.07) is 0. The molecule has 0 aromatic rings.